The van der Waals surface area contributed by atoms with Crippen LogP contribution in [0, 0.1) is 5.41 Å². The molecule has 7 heteroatoms. The molecular weight excluding hydrogens is 420 g/mol. The lowest BCUT2D eigenvalue weighted by Crippen LogP contribution is -2.41. The Morgan fingerprint density at radius 3 is 2.15 bits per heavy atom. The minimum atomic E-state index is -1.04. The highest BCUT2D eigenvalue weighted by molar-refractivity contribution is 5.82. The van der Waals surface area contributed by atoms with E-state index in [1.165, 1.54) is 16.0 Å². The van der Waals surface area contributed by atoms with E-state index in [2.05, 4.69) is 29.6 Å². The summed E-state index contributed by atoms with van der Waals surface area (Å²) in [7, 11) is 0. The van der Waals surface area contributed by atoms with Crippen LogP contribution in [0.2, 0.25) is 0 Å². The number of benzene rings is 2. The van der Waals surface area contributed by atoms with Crippen molar-refractivity contribution >= 4 is 18.0 Å². The summed E-state index contributed by atoms with van der Waals surface area (Å²) in [6, 6.07) is 16.3. The molecule has 0 aromatic heterocycles. The average molecular weight is 453 g/mol. The van der Waals surface area contributed by atoms with E-state index in [4.69, 9.17) is 9.84 Å². The summed E-state index contributed by atoms with van der Waals surface area (Å²) < 4.78 is 5.56. The molecule has 0 spiro atoms. The standard InChI is InChI=1S/C26H32N2O5/c1-4-13-28(15-24(30)31)23(29)14-26(2,3)17-27-25(32)33-16-22-20-11-7-5-9-18(20)19-10-6-8-12-21(19)22/h5-12,22H,4,13-17H2,1-3H3,(H,27,32)(H,30,31). The Labute approximate surface area is 194 Å². The molecule has 33 heavy (non-hydrogen) atoms. The molecule has 0 saturated heterocycles. The molecule has 0 radical (unpaired) electrons. The van der Waals surface area contributed by atoms with Crippen LogP contribution in [0.4, 0.5) is 4.79 Å². The Hall–Kier alpha value is -3.35. The van der Waals surface area contributed by atoms with Gasteiger partial charge in [-0.1, -0.05) is 69.3 Å². The molecule has 2 aromatic carbocycles. The van der Waals surface area contributed by atoms with Crippen molar-refractivity contribution in [2.75, 3.05) is 26.2 Å². The Morgan fingerprint density at radius 1 is 1.03 bits per heavy atom. The maximum Gasteiger partial charge on any atom is 0.407 e. The highest BCUT2D eigenvalue weighted by atomic mass is 16.5. The first-order valence-corrected chi connectivity index (χ1v) is 11.3. The third-order valence-corrected chi connectivity index (χ3v) is 5.86. The number of alkyl carbamates (subject to hydrolysis) is 1. The molecule has 0 saturated carbocycles. The lowest BCUT2D eigenvalue weighted by atomic mass is 9.88. The van der Waals surface area contributed by atoms with E-state index < -0.39 is 17.5 Å². The number of carbonyl (C=O) groups is 3. The van der Waals surface area contributed by atoms with Crippen LogP contribution in [0.5, 0.6) is 0 Å². The fraction of sp³-hybridized carbons (Fsp3) is 0.423. The van der Waals surface area contributed by atoms with Crippen LogP contribution < -0.4 is 5.32 Å². The van der Waals surface area contributed by atoms with Gasteiger partial charge in [-0.05, 0) is 34.1 Å². The fourth-order valence-electron chi connectivity index (χ4n) is 4.27. The summed E-state index contributed by atoms with van der Waals surface area (Å²) in [6.45, 7) is 6.15. The SMILES string of the molecule is CCCN(CC(=O)O)C(=O)CC(C)(C)CNC(=O)OCC1c2ccccc2-c2ccccc21. The zero-order valence-electron chi connectivity index (χ0n) is 19.5. The van der Waals surface area contributed by atoms with Crippen LogP contribution >= 0.6 is 0 Å². The van der Waals surface area contributed by atoms with Crippen molar-refractivity contribution in [2.45, 2.75) is 39.5 Å². The molecular formula is C26H32N2O5. The van der Waals surface area contributed by atoms with Crippen molar-refractivity contribution < 1.29 is 24.2 Å². The molecule has 7 nitrogen and oxygen atoms in total. The summed E-state index contributed by atoms with van der Waals surface area (Å²) in [5, 5.41) is 11.8. The number of nitrogens with one attached hydrogen (secondary N) is 1. The number of ether oxygens (including phenoxy) is 1. The van der Waals surface area contributed by atoms with Crippen molar-refractivity contribution in [3.63, 3.8) is 0 Å². The molecule has 2 aromatic rings. The van der Waals surface area contributed by atoms with Gasteiger partial charge in [0.1, 0.15) is 13.2 Å². The predicted molar refractivity (Wildman–Crippen MR) is 126 cm³/mol. The first kappa shape index (κ1) is 24.3. The number of nitrogens with zero attached hydrogens (tertiary/aromatic N) is 1. The molecule has 3 rings (SSSR count). The van der Waals surface area contributed by atoms with Crippen LogP contribution in [-0.2, 0) is 14.3 Å². The smallest absolute Gasteiger partial charge is 0.407 e. The Balaban J connectivity index is 1.54. The van der Waals surface area contributed by atoms with Gasteiger partial charge in [-0.3, -0.25) is 9.59 Å². The molecule has 1 aliphatic rings. The van der Waals surface area contributed by atoms with Gasteiger partial charge in [-0.15, -0.1) is 0 Å². The highest BCUT2D eigenvalue weighted by Gasteiger charge is 2.30. The van der Waals surface area contributed by atoms with Gasteiger partial charge in [0.15, 0.2) is 0 Å². The quantitative estimate of drug-likeness (QED) is 0.561. The van der Waals surface area contributed by atoms with E-state index in [1.807, 2.05) is 45.0 Å². The lowest BCUT2D eigenvalue weighted by molar-refractivity contribution is -0.145. The van der Waals surface area contributed by atoms with Crippen LogP contribution in [0.3, 0.4) is 0 Å². The van der Waals surface area contributed by atoms with Crippen LogP contribution in [0.25, 0.3) is 11.1 Å². The first-order chi connectivity index (χ1) is 15.7. The first-order valence-electron chi connectivity index (χ1n) is 11.3. The second-order valence-electron chi connectivity index (χ2n) is 9.23. The van der Waals surface area contributed by atoms with E-state index in [0.717, 1.165) is 11.1 Å². The molecule has 0 heterocycles. The van der Waals surface area contributed by atoms with E-state index in [9.17, 15) is 14.4 Å². The van der Waals surface area contributed by atoms with Gasteiger partial charge in [0.2, 0.25) is 5.91 Å². The third-order valence-electron chi connectivity index (χ3n) is 5.86. The van der Waals surface area contributed by atoms with Gasteiger partial charge in [0, 0.05) is 25.4 Å². The van der Waals surface area contributed by atoms with E-state index in [1.54, 1.807) is 0 Å². The minimum Gasteiger partial charge on any atom is -0.480 e. The Morgan fingerprint density at radius 2 is 1.61 bits per heavy atom. The lowest BCUT2D eigenvalue weighted by Gasteiger charge is -2.28. The largest absolute Gasteiger partial charge is 0.480 e. The molecule has 0 unspecified atom stereocenters. The molecule has 0 atom stereocenters. The zero-order chi connectivity index (χ0) is 24.0. The molecule has 0 fully saturated rings. The topological polar surface area (TPSA) is 95.9 Å². The third kappa shape index (κ3) is 6.12. The highest BCUT2D eigenvalue weighted by Crippen LogP contribution is 2.44. The fourth-order valence-corrected chi connectivity index (χ4v) is 4.27. The summed E-state index contributed by atoms with van der Waals surface area (Å²) in [5.41, 5.74) is 4.07. The van der Waals surface area contributed by atoms with Crippen molar-refractivity contribution in [3.8, 4) is 11.1 Å². The number of hydrogen-bond donors (Lipinski definition) is 2. The number of rotatable bonds is 10. The van der Waals surface area contributed by atoms with Crippen molar-refractivity contribution in [2.24, 2.45) is 5.41 Å². The van der Waals surface area contributed by atoms with E-state index >= 15 is 0 Å². The van der Waals surface area contributed by atoms with Gasteiger partial charge in [0.05, 0.1) is 0 Å². The molecule has 2 N–H and O–H groups in total. The van der Waals surface area contributed by atoms with Crippen molar-refractivity contribution in [1.82, 2.24) is 10.2 Å². The summed E-state index contributed by atoms with van der Waals surface area (Å²) in [5.74, 6) is -1.29. The Bertz CT molecular complexity index is 972. The number of aliphatic carboxylic acids is 1. The second-order valence-corrected chi connectivity index (χ2v) is 9.23. The van der Waals surface area contributed by atoms with Gasteiger partial charge in [-0.2, -0.15) is 0 Å². The van der Waals surface area contributed by atoms with Crippen LogP contribution in [0.1, 0.15) is 50.7 Å². The van der Waals surface area contributed by atoms with Gasteiger partial charge < -0.3 is 20.1 Å². The number of amides is 2. The maximum atomic E-state index is 12.6. The summed E-state index contributed by atoms with van der Waals surface area (Å²) in [6.07, 6.45) is 0.273. The minimum absolute atomic E-state index is 0.0173. The average Bonchev–Trinajstić information content (AvgIpc) is 3.09. The second kappa shape index (κ2) is 10.5. The van der Waals surface area contributed by atoms with Crippen LogP contribution in [0.15, 0.2) is 48.5 Å². The summed E-state index contributed by atoms with van der Waals surface area (Å²) in [4.78, 5) is 37.4. The number of hydrogen-bond acceptors (Lipinski definition) is 4. The van der Waals surface area contributed by atoms with Gasteiger partial charge >= 0.3 is 12.1 Å². The van der Waals surface area contributed by atoms with E-state index in [-0.39, 0.29) is 37.9 Å². The van der Waals surface area contributed by atoms with Crippen molar-refractivity contribution in [3.05, 3.63) is 59.7 Å². The number of carboxylic acid groups (broad SMARTS) is 1. The van der Waals surface area contributed by atoms with E-state index in [0.29, 0.717) is 13.0 Å². The number of fused-ring (bicyclic) bond motifs is 3. The Kier molecular flexibility index (Phi) is 7.74. The zero-order valence-corrected chi connectivity index (χ0v) is 19.5. The normalized spacial score (nSPS) is 12.6. The number of carbonyl (C=O) groups excluding carboxylic acids is 2. The van der Waals surface area contributed by atoms with Crippen molar-refractivity contribution in [1.29, 1.82) is 0 Å². The molecule has 0 bridgehead atoms. The molecule has 1 aliphatic carbocycles. The van der Waals surface area contributed by atoms with Gasteiger partial charge in [0.25, 0.3) is 0 Å². The molecule has 176 valence electrons. The summed E-state index contributed by atoms with van der Waals surface area (Å²) >= 11 is 0. The molecule has 0 aliphatic heterocycles. The monoisotopic (exact) mass is 452 g/mol. The predicted octanol–water partition coefficient (Wildman–Crippen LogP) is 4.26. The molecule has 2 amide bonds. The van der Waals surface area contributed by atoms with Crippen LogP contribution in [-0.4, -0.2) is 54.2 Å². The van der Waals surface area contributed by atoms with Gasteiger partial charge in [-0.25, -0.2) is 4.79 Å². The number of carboxylic acids is 1. The maximum absolute atomic E-state index is 12.6.